The van der Waals surface area contributed by atoms with Crippen molar-refractivity contribution in [3.63, 3.8) is 0 Å². The highest BCUT2D eigenvalue weighted by molar-refractivity contribution is 5.43. The van der Waals surface area contributed by atoms with Crippen LogP contribution in [0.1, 0.15) is 18.6 Å². The molecule has 0 saturated carbocycles. The summed E-state index contributed by atoms with van der Waals surface area (Å²) < 4.78 is 5.25. The van der Waals surface area contributed by atoms with Crippen molar-refractivity contribution in [2.75, 3.05) is 23.3 Å². The molecule has 1 unspecified atom stereocenters. The maximum atomic E-state index is 9.73. The molecule has 6 nitrogen and oxygen atoms in total. The number of nitrogens with one attached hydrogen (secondary N) is 1. The number of nitrogens with zero attached hydrogens (tertiary/aromatic N) is 3. The Bertz CT molecular complexity index is 544. The zero-order valence-electron chi connectivity index (χ0n) is 11.2. The predicted molar refractivity (Wildman–Crippen MR) is 75.5 cm³/mol. The molecular formula is C14H18N4O2. The number of rotatable bonds is 4. The molecule has 3 rings (SSSR count). The van der Waals surface area contributed by atoms with Gasteiger partial charge in [0, 0.05) is 19.3 Å². The third-order valence-corrected chi connectivity index (χ3v) is 3.36. The Labute approximate surface area is 117 Å². The first kappa shape index (κ1) is 12.9. The first-order valence-electron chi connectivity index (χ1n) is 6.83. The summed E-state index contributed by atoms with van der Waals surface area (Å²) in [6.07, 6.45) is 4.96. The van der Waals surface area contributed by atoms with E-state index in [4.69, 9.17) is 4.42 Å². The summed E-state index contributed by atoms with van der Waals surface area (Å²) in [4.78, 5) is 10.8. The van der Waals surface area contributed by atoms with Gasteiger partial charge in [0.25, 0.3) is 0 Å². The van der Waals surface area contributed by atoms with Gasteiger partial charge >= 0.3 is 0 Å². The summed E-state index contributed by atoms with van der Waals surface area (Å²) in [5.41, 5.74) is 0. The highest BCUT2D eigenvalue weighted by atomic mass is 16.3. The fourth-order valence-corrected chi connectivity index (χ4v) is 2.35. The van der Waals surface area contributed by atoms with E-state index in [1.165, 1.54) is 0 Å². The Kier molecular flexibility index (Phi) is 3.83. The molecule has 106 valence electrons. The van der Waals surface area contributed by atoms with Gasteiger partial charge in [0.1, 0.15) is 11.6 Å². The van der Waals surface area contributed by atoms with Crippen LogP contribution in [0.25, 0.3) is 0 Å². The van der Waals surface area contributed by atoms with Gasteiger partial charge in [0.2, 0.25) is 5.95 Å². The van der Waals surface area contributed by atoms with Crippen LogP contribution in [0, 0.1) is 0 Å². The van der Waals surface area contributed by atoms with Gasteiger partial charge in [-0.2, -0.15) is 4.98 Å². The first-order valence-corrected chi connectivity index (χ1v) is 6.83. The molecule has 0 aliphatic carbocycles. The van der Waals surface area contributed by atoms with Crippen molar-refractivity contribution in [2.45, 2.75) is 25.5 Å². The summed E-state index contributed by atoms with van der Waals surface area (Å²) in [7, 11) is 0. The van der Waals surface area contributed by atoms with Gasteiger partial charge < -0.3 is 19.7 Å². The van der Waals surface area contributed by atoms with Crippen LogP contribution in [-0.4, -0.2) is 34.3 Å². The van der Waals surface area contributed by atoms with Gasteiger partial charge in [-0.05, 0) is 31.0 Å². The second-order valence-electron chi connectivity index (χ2n) is 4.91. The Balaban J connectivity index is 1.66. The van der Waals surface area contributed by atoms with Crippen LogP contribution < -0.4 is 10.2 Å². The number of aromatic nitrogens is 2. The fourth-order valence-electron chi connectivity index (χ4n) is 2.35. The van der Waals surface area contributed by atoms with Gasteiger partial charge in [-0.25, -0.2) is 4.98 Å². The molecule has 0 spiro atoms. The average Bonchev–Trinajstić information content (AvgIpc) is 2.99. The van der Waals surface area contributed by atoms with Crippen molar-refractivity contribution in [2.24, 2.45) is 0 Å². The number of piperidine rings is 1. The minimum absolute atomic E-state index is 0.266. The van der Waals surface area contributed by atoms with Crippen LogP contribution in [0.5, 0.6) is 0 Å². The Morgan fingerprint density at radius 3 is 3.20 bits per heavy atom. The lowest BCUT2D eigenvalue weighted by atomic mass is 10.1. The number of furan rings is 1. The van der Waals surface area contributed by atoms with E-state index >= 15 is 0 Å². The number of hydrogen-bond acceptors (Lipinski definition) is 6. The minimum Gasteiger partial charge on any atom is -0.467 e. The third kappa shape index (κ3) is 3.08. The number of β-amino-alcohol motifs (C(OH)–C–C–N with tert-alkyl or cyclic N) is 1. The molecule has 0 amide bonds. The van der Waals surface area contributed by atoms with Crippen LogP contribution in [0.4, 0.5) is 11.8 Å². The molecule has 1 fully saturated rings. The average molecular weight is 274 g/mol. The van der Waals surface area contributed by atoms with Crippen molar-refractivity contribution in [1.29, 1.82) is 0 Å². The van der Waals surface area contributed by atoms with Gasteiger partial charge in [-0.15, -0.1) is 0 Å². The minimum atomic E-state index is -0.266. The van der Waals surface area contributed by atoms with E-state index in [0.29, 0.717) is 19.0 Å². The Morgan fingerprint density at radius 2 is 2.40 bits per heavy atom. The van der Waals surface area contributed by atoms with Crippen molar-refractivity contribution in [3.8, 4) is 0 Å². The Morgan fingerprint density at radius 1 is 1.45 bits per heavy atom. The number of aliphatic hydroxyl groups is 1. The zero-order valence-corrected chi connectivity index (χ0v) is 11.2. The van der Waals surface area contributed by atoms with E-state index in [1.54, 1.807) is 12.5 Å². The maximum absolute atomic E-state index is 9.73. The Hall–Kier alpha value is -2.08. The van der Waals surface area contributed by atoms with E-state index in [-0.39, 0.29) is 6.10 Å². The lowest BCUT2D eigenvalue weighted by Gasteiger charge is -2.31. The molecular weight excluding hydrogens is 256 g/mol. The number of aliphatic hydroxyl groups excluding tert-OH is 1. The summed E-state index contributed by atoms with van der Waals surface area (Å²) in [6.45, 7) is 2.11. The molecule has 0 aromatic carbocycles. The smallest absolute Gasteiger partial charge is 0.224 e. The summed E-state index contributed by atoms with van der Waals surface area (Å²) >= 11 is 0. The third-order valence-electron chi connectivity index (χ3n) is 3.36. The molecule has 2 aromatic heterocycles. The summed E-state index contributed by atoms with van der Waals surface area (Å²) in [6, 6.07) is 5.62. The second-order valence-corrected chi connectivity index (χ2v) is 4.91. The van der Waals surface area contributed by atoms with E-state index in [0.717, 1.165) is 31.0 Å². The molecule has 6 heteroatoms. The number of anilines is 2. The van der Waals surface area contributed by atoms with Gasteiger partial charge in [0.05, 0.1) is 18.9 Å². The van der Waals surface area contributed by atoms with E-state index < -0.39 is 0 Å². The van der Waals surface area contributed by atoms with Crippen molar-refractivity contribution in [3.05, 3.63) is 36.4 Å². The number of hydrogen-bond donors (Lipinski definition) is 2. The molecule has 2 aromatic rings. The van der Waals surface area contributed by atoms with Crippen LogP contribution in [0.3, 0.4) is 0 Å². The summed E-state index contributed by atoms with van der Waals surface area (Å²) in [5, 5.41) is 12.9. The van der Waals surface area contributed by atoms with Crippen LogP contribution in [-0.2, 0) is 6.54 Å². The van der Waals surface area contributed by atoms with E-state index in [1.807, 2.05) is 18.2 Å². The van der Waals surface area contributed by atoms with Gasteiger partial charge in [0.15, 0.2) is 0 Å². The van der Waals surface area contributed by atoms with Crippen LogP contribution >= 0.6 is 0 Å². The standard InChI is InChI=1S/C14H18N4O2/c19-11-3-1-7-18(10-11)13-5-6-15-14(17-13)16-9-12-4-2-8-20-12/h2,4-6,8,11,19H,1,3,7,9-10H2,(H,15,16,17). The van der Waals surface area contributed by atoms with Crippen LogP contribution in [0.2, 0.25) is 0 Å². The first-order chi connectivity index (χ1) is 9.81. The lowest BCUT2D eigenvalue weighted by molar-refractivity contribution is 0.154. The van der Waals surface area contributed by atoms with Gasteiger partial charge in [-0.1, -0.05) is 0 Å². The molecule has 0 bridgehead atoms. The largest absolute Gasteiger partial charge is 0.467 e. The second kappa shape index (κ2) is 5.92. The van der Waals surface area contributed by atoms with E-state index in [9.17, 15) is 5.11 Å². The molecule has 20 heavy (non-hydrogen) atoms. The highest BCUT2D eigenvalue weighted by Crippen LogP contribution is 2.18. The molecule has 0 radical (unpaired) electrons. The molecule has 3 heterocycles. The van der Waals surface area contributed by atoms with Gasteiger partial charge in [-0.3, -0.25) is 0 Å². The van der Waals surface area contributed by atoms with Crippen LogP contribution in [0.15, 0.2) is 35.1 Å². The lowest BCUT2D eigenvalue weighted by Crippen LogP contribution is -2.38. The monoisotopic (exact) mass is 274 g/mol. The topological polar surface area (TPSA) is 74.4 Å². The molecule has 1 saturated heterocycles. The normalized spacial score (nSPS) is 19.1. The molecule has 1 aliphatic heterocycles. The molecule has 1 atom stereocenters. The summed E-state index contributed by atoms with van der Waals surface area (Å²) in [5.74, 6) is 2.26. The SMILES string of the molecule is OC1CCCN(c2ccnc(NCc3ccco3)n2)C1. The zero-order chi connectivity index (χ0) is 13.8. The molecule has 2 N–H and O–H groups in total. The van der Waals surface area contributed by atoms with Crippen molar-refractivity contribution in [1.82, 2.24) is 9.97 Å². The molecule has 1 aliphatic rings. The van der Waals surface area contributed by atoms with E-state index in [2.05, 4.69) is 20.2 Å². The fraction of sp³-hybridized carbons (Fsp3) is 0.429. The van der Waals surface area contributed by atoms with Crippen molar-refractivity contribution >= 4 is 11.8 Å². The quantitative estimate of drug-likeness (QED) is 0.883. The predicted octanol–water partition coefficient (Wildman–Crippen LogP) is 1.64. The van der Waals surface area contributed by atoms with Crippen molar-refractivity contribution < 1.29 is 9.52 Å². The maximum Gasteiger partial charge on any atom is 0.224 e. The highest BCUT2D eigenvalue weighted by Gasteiger charge is 2.19.